The normalized spacial score (nSPS) is 15.8. The quantitative estimate of drug-likeness (QED) is 0.393. The number of likely N-dealkylation sites (tertiary alicyclic amines) is 1. The van der Waals surface area contributed by atoms with E-state index in [1.165, 1.54) is 0 Å². The number of aryl methyl sites for hydroxylation is 2. The number of rotatable bonds is 9. The Labute approximate surface area is 155 Å². The van der Waals surface area contributed by atoms with Gasteiger partial charge in [0.2, 0.25) is 11.8 Å². The van der Waals surface area contributed by atoms with Crippen LogP contribution in [0.5, 0.6) is 0 Å². The molecule has 8 heteroatoms. The topological polar surface area (TPSA) is 95.7 Å². The molecule has 0 spiro atoms. The predicted octanol–water partition coefficient (Wildman–Crippen LogP) is 1.66. The Kier molecular flexibility index (Phi) is 8.92. The average Bonchev–Trinajstić information content (AvgIpc) is 2.93. The van der Waals surface area contributed by atoms with E-state index in [1.54, 1.807) is 0 Å². The summed E-state index contributed by atoms with van der Waals surface area (Å²) < 4.78 is 5.11. The van der Waals surface area contributed by atoms with Gasteiger partial charge in [0.05, 0.1) is 0 Å². The number of amides is 1. The number of carbonyl (C=O) groups excluding carboxylic acids is 1. The van der Waals surface area contributed by atoms with Crippen LogP contribution in [0.4, 0.5) is 0 Å². The van der Waals surface area contributed by atoms with Crippen LogP contribution >= 0.6 is 0 Å². The Hall–Kier alpha value is -2.12. The standard InChI is InChI=1S/C18H32N6O2/c1-3-19-18(20-11-7-9-16-22-15(2)23-26-16)21-12-8-14-24-13-6-4-5-10-17(24)25/h3-14H2,1-2H3,(H2,19,20,21). The Bertz CT molecular complexity index is 572. The molecule has 1 fully saturated rings. The maximum atomic E-state index is 12.0. The molecule has 1 saturated heterocycles. The lowest BCUT2D eigenvalue weighted by atomic mass is 10.2. The van der Waals surface area contributed by atoms with E-state index in [9.17, 15) is 4.79 Å². The molecule has 1 aliphatic heterocycles. The molecular formula is C18H32N6O2. The zero-order valence-corrected chi connectivity index (χ0v) is 16.1. The van der Waals surface area contributed by atoms with E-state index < -0.39 is 0 Å². The third kappa shape index (κ3) is 7.41. The molecule has 146 valence electrons. The Balaban J connectivity index is 1.65. The van der Waals surface area contributed by atoms with Gasteiger partial charge in [-0.3, -0.25) is 9.79 Å². The molecule has 0 bridgehead atoms. The van der Waals surface area contributed by atoms with E-state index in [2.05, 4.69) is 25.8 Å². The van der Waals surface area contributed by atoms with Crippen molar-refractivity contribution in [1.82, 2.24) is 25.7 Å². The van der Waals surface area contributed by atoms with Gasteiger partial charge in [0.1, 0.15) is 0 Å². The summed E-state index contributed by atoms with van der Waals surface area (Å²) in [5.74, 6) is 2.46. The molecule has 0 radical (unpaired) electrons. The van der Waals surface area contributed by atoms with Crippen LogP contribution in [0.15, 0.2) is 9.52 Å². The lowest BCUT2D eigenvalue weighted by Crippen LogP contribution is -2.38. The SMILES string of the molecule is CCNC(=NCCCN1CCCCCC1=O)NCCCc1nc(C)no1. The molecule has 1 aromatic heterocycles. The molecule has 0 aromatic carbocycles. The van der Waals surface area contributed by atoms with Gasteiger partial charge < -0.3 is 20.1 Å². The zero-order chi connectivity index (χ0) is 18.6. The van der Waals surface area contributed by atoms with E-state index in [1.807, 2.05) is 18.7 Å². The smallest absolute Gasteiger partial charge is 0.226 e. The van der Waals surface area contributed by atoms with Gasteiger partial charge in [-0.25, -0.2) is 0 Å². The molecule has 26 heavy (non-hydrogen) atoms. The van der Waals surface area contributed by atoms with Gasteiger partial charge in [-0.15, -0.1) is 0 Å². The van der Waals surface area contributed by atoms with Gasteiger partial charge in [-0.2, -0.15) is 4.98 Å². The van der Waals surface area contributed by atoms with Crippen molar-refractivity contribution in [2.24, 2.45) is 4.99 Å². The summed E-state index contributed by atoms with van der Waals surface area (Å²) in [5.41, 5.74) is 0. The molecule has 2 N–H and O–H groups in total. The number of aromatic nitrogens is 2. The maximum absolute atomic E-state index is 12.0. The van der Waals surface area contributed by atoms with Crippen molar-refractivity contribution in [3.8, 4) is 0 Å². The van der Waals surface area contributed by atoms with Crippen molar-refractivity contribution in [2.75, 3.05) is 32.7 Å². The molecule has 0 aliphatic carbocycles. The first kappa shape index (κ1) is 20.2. The lowest BCUT2D eigenvalue weighted by Gasteiger charge is -2.20. The monoisotopic (exact) mass is 364 g/mol. The Morgan fingerprint density at radius 3 is 2.92 bits per heavy atom. The summed E-state index contributed by atoms with van der Waals surface area (Å²) in [6.45, 7) is 7.89. The van der Waals surface area contributed by atoms with Crippen LogP contribution in [0.3, 0.4) is 0 Å². The predicted molar refractivity (Wildman–Crippen MR) is 101 cm³/mol. The molecule has 0 saturated carbocycles. The van der Waals surface area contributed by atoms with E-state index in [0.29, 0.717) is 30.6 Å². The van der Waals surface area contributed by atoms with Crippen molar-refractivity contribution in [3.63, 3.8) is 0 Å². The highest BCUT2D eigenvalue weighted by Crippen LogP contribution is 2.11. The number of nitrogens with one attached hydrogen (secondary N) is 2. The van der Waals surface area contributed by atoms with Gasteiger partial charge in [0, 0.05) is 45.6 Å². The first-order chi connectivity index (χ1) is 12.7. The molecule has 1 amide bonds. The van der Waals surface area contributed by atoms with E-state index in [4.69, 9.17) is 4.52 Å². The summed E-state index contributed by atoms with van der Waals surface area (Å²) in [6, 6.07) is 0. The van der Waals surface area contributed by atoms with Crippen molar-refractivity contribution in [3.05, 3.63) is 11.7 Å². The van der Waals surface area contributed by atoms with Crippen LogP contribution in [-0.2, 0) is 11.2 Å². The second-order valence-electron chi connectivity index (χ2n) is 6.57. The average molecular weight is 364 g/mol. The molecule has 8 nitrogen and oxygen atoms in total. The molecule has 1 aliphatic rings. The highest BCUT2D eigenvalue weighted by Gasteiger charge is 2.15. The van der Waals surface area contributed by atoms with Crippen molar-refractivity contribution in [1.29, 1.82) is 0 Å². The second kappa shape index (κ2) is 11.5. The van der Waals surface area contributed by atoms with Crippen LogP contribution in [0.25, 0.3) is 0 Å². The number of nitrogens with zero attached hydrogens (tertiary/aromatic N) is 4. The fourth-order valence-corrected chi connectivity index (χ4v) is 2.96. The third-order valence-corrected chi connectivity index (χ3v) is 4.30. The van der Waals surface area contributed by atoms with E-state index in [0.717, 1.165) is 70.7 Å². The Morgan fingerprint density at radius 2 is 2.15 bits per heavy atom. The van der Waals surface area contributed by atoms with Crippen LogP contribution in [0, 0.1) is 6.92 Å². The highest BCUT2D eigenvalue weighted by atomic mass is 16.5. The van der Waals surface area contributed by atoms with Crippen molar-refractivity contribution in [2.45, 2.75) is 58.8 Å². The van der Waals surface area contributed by atoms with Crippen LogP contribution in [0.1, 0.15) is 57.2 Å². The summed E-state index contributed by atoms with van der Waals surface area (Å²) in [6.07, 6.45) is 6.57. The number of hydrogen-bond acceptors (Lipinski definition) is 5. The Morgan fingerprint density at radius 1 is 1.27 bits per heavy atom. The number of hydrogen-bond donors (Lipinski definition) is 2. The lowest BCUT2D eigenvalue weighted by molar-refractivity contribution is -0.130. The minimum Gasteiger partial charge on any atom is -0.357 e. The van der Waals surface area contributed by atoms with Crippen LogP contribution < -0.4 is 10.6 Å². The number of carbonyl (C=O) groups is 1. The van der Waals surface area contributed by atoms with E-state index in [-0.39, 0.29) is 0 Å². The largest absolute Gasteiger partial charge is 0.357 e. The fraction of sp³-hybridized carbons (Fsp3) is 0.778. The molecule has 1 aromatic rings. The molecule has 2 rings (SSSR count). The summed E-state index contributed by atoms with van der Waals surface area (Å²) in [5, 5.41) is 10.4. The fourth-order valence-electron chi connectivity index (χ4n) is 2.96. The third-order valence-electron chi connectivity index (χ3n) is 4.30. The van der Waals surface area contributed by atoms with E-state index >= 15 is 0 Å². The molecule has 0 atom stereocenters. The van der Waals surface area contributed by atoms with Gasteiger partial charge in [0.25, 0.3) is 0 Å². The summed E-state index contributed by atoms with van der Waals surface area (Å²) in [4.78, 5) is 22.8. The first-order valence-corrected chi connectivity index (χ1v) is 9.78. The summed E-state index contributed by atoms with van der Waals surface area (Å²) >= 11 is 0. The zero-order valence-electron chi connectivity index (χ0n) is 16.1. The minimum atomic E-state index is 0.299. The first-order valence-electron chi connectivity index (χ1n) is 9.78. The number of aliphatic imine (C=N–C) groups is 1. The van der Waals surface area contributed by atoms with Crippen molar-refractivity contribution < 1.29 is 9.32 Å². The van der Waals surface area contributed by atoms with Gasteiger partial charge in [-0.05, 0) is 39.5 Å². The molecule has 0 unspecified atom stereocenters. The highest BCUT2D eigenvalue weighted by molar-refractivity contribution is 5.79. The summed E-state index contributed by atoms with van der Waals surface area (Å²) in [7, 11) is 0. The molecular weight excluding hydrogens is 332 g/mol. The van der Waals surface area contributed by atoms with Crippen LogP contribution in [0.2, 0.25) is 0 Å². The minimum absolute atomic E-state index is 0.299. The maximum Gasteiger partial charge on any atom is 0.226 e. The van der Waals surface area contributed by atoms with Gasteiger partial charge in [-0.1, -0.05) is 11.6 Å². The van der Waals surface area contributed by atoms with Gasteiger partial charge in [0.15, 0.2) is 11.8 Å². The second-order valence-corrected chi connectivity index (χ2v) is 6.57. The van der Waals surface area contributed by atoms with Gasteiger partial charge >= 0.3 is 0 Å². The molecule has 2 heterocycles. The van der Waals surface area contributed by atoms with Crippen LogP contribution in [-0.4, -0.2) is 59.6 Å². The number of guanidine groups is 1. The van der Waals surface area contributed by atoms with Crippen molar-refractivity contribution >= 4 is 11.9 Å².